The maximum absolute atomic E-state index is 11.4. The Bertz CT molecular complexity index is 758. The SMILES string of the molecule is CN(C)CCN1CCC(Nc2ccc([N+](=O)[O-])c(-c3ccccc3)n2)CC1. The van der Waals surface area contributed by atoms with E-state index in [0.29, 0.717) is 17.6 Å². The van der Waals surface area contributed by atoms with Gasteiger partial charge in [-0.1, -0.05) is 30.3 Å². The van der Waals surface area contributed by atoms with Crippen molar-refractivity contribution in [3.63, 3.8) is 0 Å². The van der Waals surface area contributed by atoms with Gasteiger partial charge < -0.3 is 15.1 Å². The minimum atomic E-state index is -0.373. The van der Waals surface area contributed by atoms with E-state index >= 15 is 0 Å². The van der Waals surface area contributed by atoms with Crippen molar-refractivity contribution in [3.05, 3.63) is 52.6 Å². The second-order valence-corrected chi connectivity index (χ2v) is 7.25. The first-order valence-corrected chi connectivity index (χ1v) is 9.37. The Morgan fingerprint density at radius 2 is 1.89 bits per heavy atom. The molecule has 7 heteroatoms. The van der Waals surface area contributed by atoms with Crippen LogP contribution >= 0.6 is 0 Å². The summed E-state index contributed by atoms with van der Waals surface area (Å²) in [4.78, 5) is 20.3. The maximum Gasteiger partial charge on any atom is 0.295 e. The van der Waals surface area contributed by atoms with Crippen LogP contribution in [0.4, 0.5) is 11.5 Å². The van der Waals surface area contributed by atoms with Crippen LogP contribution in [-0.4, -0.2) is 66.0 Å². The van der Waals surface area contributed by atoms with Gasteiger partial charge in [0.2, 0.25) is 0 Å². The number of rotatable bonds is 7. The van der Waals surface area contributed by atoms with Crippen molar-refractivity contribution >= 4 is 11.5 Å². The summed E-state index contributed by atoms with van der Waals surface area (Å²) in [5, 5.41) is 14.8. The molecule has 1 aliphatic heterocycles. The molecular formula is C20H27N5O2. The number of nitrogens with one attached hydrogen (secondary N) is 1. The Hall–Kier alpha value is -2.51. The lowest BCUT2D eigenvalue weighted by molar-refractivity contribution is -0.384. The van der Waals surface area contributed by atoms with Gasteiger partial charge in [0.15, 0.2) is 5.69 Å². The van der Waals surface area contributed by atoms with E-state index in [1.54, 1.807) is 12.1 Å². The van der Waals surface area contributed by atoms with E-state index in [9.17, 15) is 10.1 Å². The van der Waals surface area contributed by atoms with Gasteiger partial charge in [0.05, 0.1) is 4.92 Å². The minimum absolute atomic E-state index is 0.0326. The summed E-state index contributed by atoms with van der Waals surface area (Å²) in [6, 6.07) is 12.9. The van der Waals surface area contributed by atoms with Gasteiger partial charge in [0.25, 0.3) is 5.69 Å². The summed E-state index contributed by atoms with van der Waals surface area (Å²) in [5.74, 6) is 0.700. The summed E-state index contributed by atoms with van der Waals surface area (Å²) in [6.07, 6.45) is 2.10. The number of likely N-dealkylation sites (N-methyl/N-ethyl adjacent to an activating group) is 1. The number of nitro groups is 1. The Labute approximate surface area is 160 Å². The van der Waals surface area contributed by atoms with Crippen LogP contribution in [0.25, 0.3) is 11.3 Å². The number of piperidine rings is 1. The summed E-state index contributed by atoms with van der Waals surface area (Å²) in [7, 11) is 4.19. The molecule has 0 bridgehead atoms. The highest BCUT2D eigenvalue weighted by atomic mass is 16.6. The summed E-state index contributed by atoms with van der Waals surface area (Å²) < 4.78 is 0. The molecule has 0 amide bonds. The highest BCUT2D eigenvalue weighted by Gasteiger charge is 2.21. The van der Waals surface area contributed by atoms with Crippen LogP contribution in [0.5, 0.6) is 0 Å². The Morgan fingerprint density at radius 3 is 2.52 bits per heavy atom. The average Bonchev–Trinajstić information content (AvgIpc) is 2.68. The zero-order chi connectivity index (χ0) is 19.2. The van der Waals surface area contributed by atoms with Crippen LogP contribution in [0.1, 0.15) is 12.8 Å². The molecule has 144 valence electrons. The van der Waals surface area contributed by atoms with E-state index in [0.717, 1.165) is 44.6 Å². The van der Waals surface area contributed by atoms with E-state index < -0.39 is 0 Å². The number of aromatic nitrogens is 1. The average molecular weight is 369 g/mol. The molecule has 1 saturated heterocycles. The smallest absolute Gasteiger partial charge is 0.295 e. The predicted molar refractivity (Wildman–Crippen MR) is 108 cm³/mol. The largest absolute Gasteiger partial charge is 0.367 e. The number of benzene rings is 1. The molecule has 0 saturated carbocycles. The molecule has 27 heavy (non-hydrogen) atoms. The molecule has 2 heterocycles. The first-order chi connectivity index (χ1) is 13.0. The Kier molecular flexibility index (Phi) is 6.36. The molecule has 0 aliphatic carbocycles. The van der Waals surface area contributed by atoms with E-state index in [1.165, 1.54) is 0 Å². The summed E-state index contributed by atoms with van der Waals surface area (Å²) >= 11 is 0. The van der Waals surface area contributed by atoms with Crippen LogP contribution in [-0.2, 0) is 0 Å². The first-order valence-electron chi connectivity index (χ1n) is 9.37. The van der Waals surface area contributed by atoms with Crippen molar-refractivity contribution in [2.24, 2.45) is 0 Å². The molecule has 2 aromatic rings. The monoisotopic (exact) mass is 369 g/mol. The number of hydrogen-bond acceptors (Lipinski definition) is 6. The zero-order valence-corrected chi connectivity index (χ0v) is 16.0. The second-order valence-electron chi connectivity index (χ2n) is 7.25. The predicted octanol–water partition coefficient (Wildman–Crippen LogP) is 3.09. The number of pyridine rings is 1. The molecule has 1 aromatic carbocycles. The zero-order valence-electron chi connectivity index (χ0n) is 16.0. The van der Waals surface area contributed by atoms with Crippen LogP contribution in [0.15, 0.2) is 42.5 Å². The second kappa shape index (κ2) is 8.92. The van der Waals surface area contributed by atoms with Gasteiger partial charge in [-0.3, -0.25) is 10.1 Å². The van der Waals surface area contributed by atoms with Crippen LogP contribution < -0.4 is 5.32 Å². The van der Waals surface area contributed by atoms with Crippen molar-refractivity contribution in [2.75, 3.05) is 45.6 Å². The molecule has 0 spiro atoms. The third-order valence-electron chi connectivity index (χ3n) is 4.92. The maximum atomic E-state index is 11.4. The quantitative estimate of drug-likeness (QED) is 0.597. The number of nitrogens with zero attached hydrogens (tertiary/aromatic N) is 4. The standard InChI is InChI=1S/C20H27N5O2/c1-23(2)14-15-24-12-10-17(11-13-24)21-19-9-8-18(25(26)27)20(22-19)16-6-4-3-5-7-16/h3-9,17H,10-15H2,1-2H3,(H,21,22). The summed E-state index contributed by atoms with van der Waals surface area (Å²) in [5.41, 5.74) is 1.20. The highest BCUT2D eigenvalue weighted by molar-refractivity contribution is 5.71. The van der Waals surface area contributed by atoms with Crippen LogP contribution in [0.3, 0.4) is 0 Å². The lowest BCUT2D eigenvalue weighted by atomic mass is 10.0. The first kappa shape index (κ1) is 19.3. The fourth-order valence-electron chi connectivity index (χ4n) is 3.34. The van der Waals surface area contributed by atoms with Crippen LogP contribution in [0.2, 0.25) is 0 Å². The van der Waals surface area contributed by atoms with E-state index in [2.05, 4.69) is 34.2 Å². The molecule has 0 atom stereocenters. The topological polar surface area (TPSA) is 74.5 Å². The number of anilines is 1. The summed E-state index contributed by atoms with van der Waals surface area (Å²) in [6.45, 7) is 4.28. The molecular weight excluding hydrogens is 342 g/mol. The lowest BCUT2D eigenvalue weighted by Crippen LogP contribution is -2.41. The van der Waals surface area contributed by atoms with E-state index in [4.69, 9.17) is 0 Å². The van der Waals surface area contributed by atoms with E-state index in [-0.39, 0.29) is 10.6 Å². The molecule has 1 fully saturated rings. The normalized spacial score (nSPS) is 15.8. The van der Waals surface area contributed by atoms with Gasteiger partial charge in [-0.25, -0.2) is 4.98 Å². The van der Waals surface area contributed by atoms with Gasteiger partial charge in [0.1, 0.15) is 5.82 Å². The van der Waals surface area contributed by atoms with Crippen molar-refractivity contribution in [1.29, 1.82) is 0 Å². The van der Waals surface area contributed by atoms with E-state index in [1.807, 2.05) is 30.3 Å². The number of likely N-dealkylation sites (tertiary alicyclic amines) is 1. The minimum Gasteiger partial charge on any atom is -0.367 e. The highest BCUT2D eigenvalue weighted by Crippen LogP contribution is 2.29. The van der Waals surface area contributed by atoms with Gasteiger partial charge in [-0.05, 0) is 33.0 Å². The van der Waals surface area contributed by atoms with Gasteiger partial charge in [0, 0.05) is 43.9 Å². The third kappa shape index (κ3) is 5.24. The fourth-order valence-corrected chi connectivity index (χ4v) is 3.34. The Morgan fingerprint density at radius 1 is 1.19 bits per heavy atom. The molecule has 0 unspecified atom stereocenters. The molecule has 1 aromatic heterocycles. The Balaban J connectivity index is 1.67. The third-order valence-corrected chi connectivity index (χ3v) is 4.92. The van der Waals surface area contributed by atoms with Crippen molar-refractivity contribution < 1.29 is 4.92 Å². The van der Waals surface area contributed by atoms with Crippen molar-refractivity contribution in [2.45, 2.75) is 18.9 Å². The molecule has 1 N–H and O–H groups in total. The lowest BCUT2D eigenvalue weighted by Gasteiger charge is -2.33. The molecule has 7 nitrogen and oxygen atoms in total. The van der Waals surface area contributed by atoms with Gasteiger partial charge in [-0.15, -0.1) is 0 Å². The molecule has 1 aliphatic rings. The molecule has 0 radical (unpaired) electrons. The molecule has 3 rings (SSSR count). The van der Waals surface area contributed by atoms with Gasteiger partial charge >= 0.3 is 0 Å². The fraction of sp³-hybridized carbons (Fsp3) is 0.450. The van der Waals surface area contributed by atoms with Crippen molar-refractivity contribution in [3.8, 4) is 11.3 Å². The van der Waals surface area contributed by atoms with Gasteiger partial charge in [-0.2, -0.15) is 0 Å². The van der Waals surface area contributed by atoms with Crippen LogP contribution in [0, 0.1) is 10.1 Å². The van der Waals surface area contributed by atoms with Crippen molar-refractivity contribution in [1.82, 2.24) is 14.8 Å². The number of hydrogen-bond donors (Lipinski definition) is 1.